The van der Waals surface area contributed by atoms with E-state index in [-0.39, 0.29) is 0 Å². The fraction of sp³-hybridized carbons (Fsp3) is 0.476. The molecule has 4 heterocycles. The van der Waals surface area contributed by atoms with Crippen LogP contribution in [0.15, 0.2) is 30.5 Å². The van der Waals surface area contributed by atoms with E-state index in [1.54, 1.807) is 7.11 Å². The molecule has 2 saturated heterocycles. The zero-order valence-corrected chi connectivity index (χ0v) is 17.5. The fourth-order valence-electron chi connectivity index (χ4n) is 4.19. The summed E-state index contributed by atoms with van der Waals surface area (Å²) in [5.74, 6) is 2.64. The Balaban J connectivity index is 1.41. The van der Waals surface area contributed by atoms with Gasteiger partial charge in [-0.2, -0.15) is 15.1 Å². The monoisotopic (exact) mass is 409 g/mol. The third-order valence-electron chi connectivity index (χ3n) is 5.86. The lowest BCUT2D eigenvalue weighted by Crippen LogP contribution is -2.47. The van der Waals surface area contributed by atoms with E-state index in [4.69, 9.17) is 19.4 Å². The highest BCUT2D eigenvalue weighted by atomic mass is 16.5. The van der Waals surface area contributed by atoms with Crippen LogP contribution in [0, 0.1) is 0 Å². The molecule has 0 aliphatic carbocycles. The van der Waals surface area contributed by atoms with E-state index in [0.29, 0.717) is 0 Å². The Kier molecular flexibility index (Phi) is 5.04. The number of hydrogen-bond donors (Lipinski definition) is 0. The topological polar surface area (TPSA) is 71.8 Å². The smallest absolute Gasteiger partial charge is 0.229 e. The van der Waals surface area contributed by atoms with Crippen molar-refractivity contribution in [3.63, 3.8) is 0 Å². The second-order valence-corrected chi connectivity index (χ2v) is 7.60. The molecule has 9 heteroatoms. The van der Waals surface area contributed by atoms with Gasteiger partial charge < -0.3 is 24.2 Å². The Morgan fingerprint density at radius 3 is 2.40 bits per heavy atom. The molecule has 1 aromatic carbocycles. The molecule has 0 N–H and O–H groups in total. The summed E-state index contributed by atoms with van der Waals surface area (Å²) in [4.78, 5) is 16.8. The van der Waals surface area contributed by atoms with Crippen molar-refractivity contribution in [2.45, 2.75) is 0 Å². The molecule has 158 valence electrons. The maximum absolute atomic E-state index is 5.54. The number of rotatable bonds is 4. The minimum atomic E-state index is 0.721. The highest BCUT2D eigenvalue weighted by Gasteiger charge is 2.25. The van der Waals surface area contributed by atoms with Crippen molar-refractivity contribution in [3.8, 4) is 5.75 Å². The van der Waals surface area contributed by atoms with Crippen LogP contribution in [0.25, 0.3) is 11.0 Å². The average Bonchev–Trinajstić information content (AvgIpc) is 3.20. The molecule has 0 spiro atoms. The highest BCUT2D eigenvalue weighted by Crippen LogP contribution is 2.30. The van der Waals surface area contributed by atoms with Gasteiger partial charge in [0.15, 0.2) is 5.65 Å². The molecule has 0 unspecified atom stereocenters. The van der Waals surface area contributed by atoms with Gasteiger partial charge in [-0.05, 0) is 12.1 Å². The lowest BCUT2D eigenvalue weighted by atomic mass is 10.2. The number of morpholine rings is 1. The largest absolute Gasteiger partial charge is 0.495 e. The normalized spacial score (nSPS) is 17.6. The van der Waals surface area contributed by atoms with Crippen molar-refractivity contribution in [3.05, 3.63) is 30.5 Å². The maximum Gasteiger partial charge on any atom is 0.229 e. The van der Waals surface area contributed by atoms with Crippen LogP contribution in [0.5, 0.6) is 5.75 Å². The fourth-order valence-corrected chi connectivity index (χ4v) is 4.19. The van der Waals surface area contributed by atoms with Crippen LogP contribution in [-0.4, -0.2) is 79.3 Å². The number of aryl methyl sites for hydroxylation is 1. The minimum absolute atomic E-state index is 0.721. The first-order chi connectivity index (χ1) is 14.7. The summed E-state index contributed by atoms with van der Waals surface area (Å²) in [5, 5.41) is 5.42. The highest BCUT2D eigenvalue weighted by molar-refractivity contribution is 5.88. The van der Waals surface area contributed by atoms with Crippen LogP contribution in [0.4, 0.5) is 17.5 Å². The molecule has 0 radical (unpaired) electrons. The zero-order chi connectivity index (χ0) is 20.5. The molecule has 5 rings (SSSR count). The standard InChI is InChI=1S/C21H27N7O2/c1-25-19-16(15-22-25)20(27-11-13-30-14-12-27)24-21(23-19)28-9-7-26(8-10-28)17-5-3-4-6-18(17)29-2/h3-6,15H,7-14H2,1-2H3. The molecule has 0 bridgehead atoms. The summed E-state index contributed by atoms with van der Waals surface area (Å²) >= 11 is 0. The second-order valence-electron chi connectivity index (χ2n) is 7.60. The third kappa shape index (κ3) is 3.39. The van der Waals surface area contributed by atoms with E-state index in [9.17, 15) is 0 Å². The van der Waals surface area contributed by atoms with Crippen molar-refractivity contribution >= 4 is 28.5 Å². The van der Waals surface area contributed by atoms with Gasteiger partial charge in [-0.3, -0.25) is 4.68 Å². The van der Waals surface area contributed by atoms with Gasteiger partial charge in [0.05, 0.1) is 37.6 Å². The van der Waals surface area contributed by atoms with E-state index < -0.39 is 0 Å². The van der Waals surface area contributed by atoms with Gasteiger partial charge in [0.1, 0.15) is 11.6 Å². The van der Waals surface area contributed by atoms with Gasteiger partial charge in [0.2, 0.25) is 5.95 Å². The van der Waals surface area contributed by atoms with Gasteiger partial charge in [0, 0.05) is 46.3 Å². The van der Waals surface area contributed by atoms with Crippen LogP contribution in [0.2, 0.25) is 0 Å². The number of methoxy groups -OCH3 is 1. The first-order valence-electron chi connectivity index (χ1n) is 10.4. The van der Waals surface area contributed by atoms with Crippen LogP contribution < -0.4 is 19.4 Å². The molecular weight excluding hydrogens is 382 g/mol. The van der Waals surface area contributed by atoms with Gasteiger partial charge in [-0.25, -0.2) is 0 Å². The summed E-state index contributed by atoms with van der Waals surface area (Å²) in [6, 6.07) is 8.18. The average molecular weight is 409 g/mol. The predicted octanol–water partition coefficient (Wildman–Crippen LogP) is 1.54. The molecular formula is C21H27N7O2. The molecule has 0 atom stereocenters. The Bertz CT molecular complexity index is 1020. The van der Waals surface area contributed by atoms with E-state index in [1.807, 2.05) is 30.1 Å². The number of piperazine rings is 1. The molecule has 9 nitrogen and oxygen atoms in total. The number of hydrogen-bond acceptors (Lipinski definition) is 8. The first-order valence-corrected chi connectivity index (χ1v) is 10.4. The molecule has 2 aliphatic rings. The molecule has 30 heavy (non-hydrogen) atoms. The van der Waals surface area contributed by atoms with Crippen molar-refractivity contribution in [2.75, 3.05) is 74.3 Å². The maximum atomic E-state index is 5.54. The number of benzene rings is 1. The van der Waals surface area contributed by atoms with E-state index in [2.05, 4.69) is 31.9 Å². The summed E-state index contributed by atoms with van der Waals surface area (Å²) in [5.41, 5.74) is 2.00. The number of anilines is 3. The Hall–Kier alpha value is -3.07. The van der Waals surface area contributed by atoms with Crippen LogP contribution >= 0.6 is 0 Å². The SMILES string of the molecule is COc1ccccc1N1CCN(c2nc(N3CCOCC3)c3cnn(C)c3n2)CC1. The lowest BCUT2D eigenvalue weighted by Gasteiger charge is -2.37. The zero-order valence-electron chi connectivity index (χ0n) is 17.5. The van der Waals surface area contributed by atoms with E-state index >= 15 is 0 Å². The Labute approximate surface area is 175 Å². The molecule has 2 aliphatic heterocycles. The molecule has 0 saturated carbocycles. The van der Waals surface area contributed by atoms with Gasteiger partial charge >= 0.3 is 0 Å². The van der Waals surface area contributed by atoms with Crippen LogP contribution in [-0.2, 0) is 11.8 Å². The summed E-state index contributed by atoms with van der Waals surface area (Å²) in [6.07, 6.45) is 1.86. The quantitative estimate of drug-likeness (QED) is 0.643. The van der Waals surface area contributed by atoms with Crippen molar-refractivity contribution < 1.29 is 9.47 Å². The minimum Gasteiger partial charge on any atom is -0.495 e. The lowest BCUT2D eigenvalue weighted by molar-refractivity contribution is 0.122. The van der Waals surface area contributed by atoms with Crippen LogP contribution in [0.1, 0.15) is 0 Å². The van der Waals surface area contributed by atoms with Gasteiger partial charge in [-0.15, -0.1) is 0 Å². The summed E-state index contributed by atoms with van der Waals surface area (Å²) < 4.78 is 12.9. The Morgan fingerprint density at radius 2 is 1.63 bits per heavy atom. The summed E-state index contributed by atoms with van der Waals surface area (Å²) in [7, 11) is 3.65. The van der Waals surface area contributed by atoms with E-state index in [0.717, 1.165) is 86.7 Å². The molecule has 2 fully saturated rings. The van der Waals surface area contributed by atoms with Crippen molar-refractivity contribution in [1.29, 1.82) is 0 Å². The van der Waals surface area contributed by atoms with Crippen molar-refractivity contribution in [1.82, 2.24) is 19.7 Å². The predicted molar refractivity (Wildman–Crippen MR) is 117 cm³/mol. The first kappa shape index (κ1) is 18.9. The molecule has 0 amide bonds. The number of ether oxygens (including phenoxy) is 2. The third-order valence-corrected chi connectivity index (χ3v) is 5.86. The number of fused-ring (bicyclic) bond motifs is 1. The van der Waals surface area contributed by atoms with Gasteiger partial charge in [-0.1, -0.05) is 12.1 Å². The van der Waals surface area contributed by atoms with Crippen molar-refractivity contribution in [2.24, 2.45) is 7.05 Å². The second kappa shape index (κ2) is 7.98. The Morgan fingerprint density at radius 1 is 0.900 bits per heavy atom. The summed E-state index contributed by atoms with van der Waals surface area (Å²) in [6.45, 7) is 6.59. The number of nitrogens with zero attached hydrogens (tertiary/aromatic N) is 7. The number of para-hydroxylation sites is 2. The van der Waals surface area contributed by atoms with Gasteiger partial charge in [0.25, 0.3) is 0 Å². The molecule has 2 aromatic heterocycles. The van der Waals surface area contributed by atoms with Crippen LogP contribution in [0.3, 0.4) is 0 Å². The van der Waals surface area contributed by atoms with E-state index in [1.165, 1.54) is 0 Å². The number of aromatic nitrogens is 4. The molecule has 3 aromatic rings.